The van der Waals surface area contributed by atoms with Gasteiger partial charge in [-0.3, -0.25) is 9.69 Å². The standard InChI is InChI=1S/C5H6Cl2N2OS/c6-3(7)4(10)9-2-1-8-5(9)11/h3H,1-2H2,(H,8,11). The zero-order chi connectivity index (χ0) is 8.43. The molecule has 1 heterocycles. The number of halogens is 2. The second kappa shape index (κ2) is 3.56. The molecule has 11 heavy (non-hydrogen) atoms. The fourth-order valence-electron chi connectivity index (χ4n) is 0.800. The van der Waals surface area contributed by atoms with Gasteiger partial charge in [0.05, 0.1) is 0 Å². The third-order valence-electron chi connectivity index (χ3n) is 1.31. The van der Waals surface area contributed by atoms with Gasteiger partial charge in [-0.1, -0.05) is 23.2 Å². The molecular weight excluding hydrogens is 207 g/mol. The number of amides is 1. The Labute approximate surface area is 79.6 Å². The minimum Gasteiger partial charge on any atom is -0.360 e. The number of hydrogen-bond acceptors (Lipinski definition) is 2. The van der Waals surface area contributed by atoms with Crippen molar-refractivity contribution < 1.29 is 4.79 Å². The Kier molecular flexibility index (Phi) is 2.92. The maximum absolute atomic E-state index is 11.1. The van der Waals surface area contributed by atoms with Crippen molar-refractivity contribution in [3.8, 4) is 0 Å². The largest absolute Gasteiger partial charge is 0.360 e. The maximum atomic E-state index is 11.1. The molecular formula is C5H6Cl2N2OS. The molecule has 1 N–H and O–H groups in total. The Morgan fingerprint density at radius 1 is 1.73 bits per heavy atom. The number of carbonyl (C=O) groups is 1. The van der Waals surface area contributed by atoms with Gasteiger partial charge in [0.15, 0.2) is 9.95 Å². The zero-order valence-corrected chi connectivity index (χ0v) is 7.84. The molecule has 0 spiro atoms. The first kappa shape index (κ1) is 9.03. The predicted molar refractivity (Wildman–Crippen MR) is 47.8 cm³/mol. The maximum Gasteiger partial charge on any atom is 0.262 e. The zero-order valence-electron chi connectivity index (χ0n) is 5.51. The molecule has 3 nitrogen and oxygen atoms in total. The van der Waals surface area contributed by atoms with Crippen LogP contribution in [0.3, 0.4) is 0 Å². The van der Waals surface area contributed by atoms with Crippen LogP contribution in [0, 0.1) is 0 Å². The van der Waals surface area contributed by atoms with E-state index in [1.54, 1.807) is 0 Å². The van der Waals surface area contributed by atoms with Crippen LogP contribution in [-0.4, -0.2) is 33.8 Å². The average molecular weight is 213 g/mol. The number of carbonyl (C=O) groups excluding carboxylic acids is 1. The summed E-state index contributed by atoms with van der Waals surface area (Å²) in [6, 6.07) is 0. The molecule has 0 atom stereocenters. The molecule has 62 valence electrons. The van der Waals surface area contributed by atoms with Crippen molar-refractivity contribution in [1.82, 2.24) is 10.2 Å². The van der Waals surface area contributed by atoms with Crippen molar-refractivity contribution in [2.24, 2.45) is 0 Å². The van der Waals surface area contributed by atoms with Crippen molar-refractivity contribution in [3.63, 3.8) is 0 Å². The van der Waals surface area contributed by atoms with Gasteiger partial charge in [-0.15, -0.1) is 0 Å². The van der Waals surface area contributed by atoms with E-state index in [9.17, 15) is 4.79 Å². The van der Waals surface area contributed by atoms with Crippen LogP contribution in [0.1, 0.15) is 0 Å². The number of nitrogens with one attached hydrogen (secondary N) is 1. The first-order valence-corrected chi connectivity index (χ1v) is 4.28. The highest BCUT2D eigenvalue weighted by Crippen LogP contribution is 2.09. The number of rotatable bonds is 1. The normalized spacial score (nSPS) is 17.4. The lowest BCUT2D eigenvalue weighted by Crippen LogP contribution is -2.37. The van der Waals surface area contributed by atoms with Crippen molar-refractivity contribution in [2.45, 2.75) is 4.84 Å². The molecule has 1 saturated heterocycles. The summed E-state index contributed by atoms with van der Waals surface area (Å²) in [4.78, 5) is 11.4. The van der Waals surface area contributed by atoms with Gasteiger partial charge in [0, 0.05) is 13.1 Å². The summed E-state index contributed by atoms with van der Waals surface area (Å²) in [5.41, 5.74) is 0. The van der Waals surface area contributed by atoms with E-state index in [0.29, 0.717) is 18.2 Å². The SMILES string of the molecule is O=C(C(Cl)Cl)N1CCNC1=S. The summed E-state index contributed by atoms with van der Waals surface area (Å²) in [6.45, 7) is 1.22. The first-order valence-electron chi connectivity index (χ1n) is 3.00. The molecule has 1 fully saturated rings. The number of nitrogens with zero attached hydrogens (tertiary/aromatic N) is 1. The van der Waals surface area contributed by atoms with Gasteiger partial charge in [0.2, 0.25) is 0 Å². The van der Waals surface area contributed by atoms with E-state index in [1.807, 2.05) is 0 Å². The fraction of sp³-hybridized carbons (Fsp3) is 0.600. The van der Waals surface area contributed by atoms with Gasteiger partial charge in [0.25, 0.3) is 5.91 Å². The van der Waals surface area contributed by atoms with Gasteiger partial charge >= 0.3 is 0 Å². The van der Waals surface area contributed by atoms with E-state index in [1.165, 1.54) is 4.90 Å². The van der Waals surface area contributed by atoms with E-state index >= 15 is 0 Å². The Bertz CT molecular complexity index is 197. The summed E-state index contributed by atoms with van der Waals surface area (Å²) in [7, 11) is 0. The molecule has 0 unspecified atom stereocenters. The van der Waals surface area contributed by atoms with E-state index < -0.39 is 4.84 Å². The highest BCUT2D eigenvalue weighted by molar-refractivity contribution is 7.80. The van der Waals surface area contributed by atoms with Gasteiger partial charge in [-0.05, 0) is 12.2 Å². The molecule has 0 aromatic heterocycles. The summed E-state index contributed by atoms with van der Waals surface area (Å²) < 4.78 is 0. The Hall–Kier alpha value is -0.0600. The molecule has 6 heteroatoms. The molecule has 1 aliphatic heterocycles. The van der Waals surface area contributed by atoms with Crippen LogP contribution < -0.4 is 5.32 Å². The molecule has 0 aromatic rings. The van der Waals surface area contributed by atoms with Crippen LogP contribution in [0.15, 0.2) is 0 Å². The van der Waals surface area contributed by atoms with E-state index in [-0.39, 0.29) is 5.91 Å². The Morgan fingerprint density at radius 3 is 2.73 bits per heavy atom. The van der Waals surface area contributed by atoms with Gasteiger partial charge in [0.1, 0.15) is 0 Å². The van der Waals surface area contributed by atoms with Crippen LogP contribution in [-0.2, 0) is 4.79 Å². The van der Waals surface area contributed by atoms with Crippen LogP contribution >= 0.6 is 35.4 Å². The van der Waals surface area contributed by atoms with Crippen LogP contribution in [0.2, 0.25) is 0 Å². The van der Waals surface area contributed by atoms with Crippen LogP contribution in [0.4, 0.5) is 0 Å². The number of alkyl halides is 2. The van der Waals surface area contributed by atoms with Crippen LogP contribution in [0.5, 0.6) is 0 Å². The lowest BCUT2D eigenvalue weighted by molar-refractivity contribution is -0.125. The molecule has 0 bridgehead atoms. The van der Waals surface area contributed by atoms with Crippen LogP contribution in [0.25, 0.3) is 0 Å². The quantitative estimate of drug-likeness (QED) is 0.508. The smallest absolute Gasteiger partial charge is 0.262 e. The van der Waals surface area contributed by atoms with Crippen molar-refractivity contribution in [2.75, 3.05) is 13.1 Å². The molecule has 0 aliphatic carbocycles. The Balaban J connectivity index is 2.60. The highest BCUT2D eigenvalue weighted by Gasteiger charge is 2.26. The number of hydrogen-bond donors (Lipinski definition) is 1. The second-order valence-corrected chi connectivity index (χ2v) is 3.51. The summed E-state index contributed by atoms with van der Waals surface area (Å²) in [5, 5.41) is 3.23. The first-order chi connectivity index (χ1) is 5.13. The van der Waals surface area contributed by atoms with Gasteiger partial charge < -0.3 is 5.32 Å². The van der Waals surface area contributed by atoms with E-state index in [4.69, 9.17) is 35.4 Å². The molecule has 1 aliphatic rings. The molecule has 0 saturated carbocycles. The lowest BCUT2D eigenvalue weighted by Gasteiger charge is -2.13. The molecule has 0 radical (unpaired) electrons. The number of thiocarbonyl (C=S) groups is 1. The highest BCUT2D eigenvalue weighted by atomic mass is 35.5. The van der Waals surface area contributed by atoms with Gasteiger partial charge in [-0.2, -0.15) is 0 Å². The van der Waals surface area contributed by atoms with Crippen molar-refractivity contribution >= 4 is 46.4 Å². The predicted octanol–water partition coefficient (Wildman–Crippen LogP) is 0.507. The Morgan fingerprint density at radius 2 is 2.36 bits per heavy atom. The third-order valence-corrected chi connectivity index (χ3v) is 2.05. The van der Waals surface area contributed by atoms with Crippen molar-refractivity contribution in [3.05, 3.63) is 0 Å². The van der Waals surface area contributed by atoms with E-state index in [0.717, 1.165) is 0 Å². The summed E-state index contributed by atoms with van der Waals surface area (Å²) >= 11 is 15.5. The minimum atomic E-state index is -1.02. The van der Waals surface area contributed by atoms with Gasteiger partial charge in [-0.25, -0.2) is 0 Å². The average Bonchev–Trinajstić information content (AvgIpc) is 2.33. The fourth-order valence-corrected chi connectivity index (χ4v) is 1.32. The lowest BCUT2D eigenvalue weighted by atomic mass is 10.5. The third kappa shape index (κ3) is 1.95. The summed E-state index contributed by atoms with van der Waals surface area (Å²) in [5.74, 6) is -0.358. The van der Waals surface area contributed by atoms with E-state index in [2.05, 4.69) is 5.32 Å². The second-order valence-electron chi connectivity index (χ2n) is 2.02. The summed E-state index contributed by atoms with van der Waals surface area (Å²) in [6.07, 6.45) is 0. The molecule has 1 amide bonds. The van der Waals surface area contributed by atoms with Crippen molar-refractivity contribution in [1.29, 1.82) is 0 Å². The monoisotopic (exact) mass is 212 g/mol. The molecule has 1 rings (SSSR count). The minimum absolute atomic E-state index is 0.358. The topological polar surface area (TPSA) is 32.3 Å². The molecule has 0 aromatic carbocycles.